The number of nitrogens with one attached hydrogen (secondary N) is 1. The molecule has 0 radical (unpaired) electrons. The average molecular weight is 326 g/mol. The smallest absolute Gasteiger partial charge is 0.305 e. The molecule has 1 amide bonds. The molecule has 1 aromatic carbocycles. The Morgan fingerprint density at radius 3 is 2.77 bits per heavy atom. The van der Waals surface area contributed by atoms with Gasteiger partial charge in [0.15, 0.2) is 0 Å². The van der Waals surface area contributed by atoms with Crippen LogP contribution in [-0.4, -0.2) is 26.8 Å². The quantitative estimate of drug-likeness (QED) is 0.882. The molecule has 8 heteroatoms. The highest BCUT2D eigenvalue weighted by Crippen LogP contribution is 2.23. The SMILES string of the molecule is Cn1cc(C(=O)NC(CC(=O)O)c2ccc(Cl)c(F)c2)cn1. The Labute approximate surface area is 130 Å². The van der Waals surface area contributed by atoms with Gasteiger partial charge in [-0.25, -0.2) is 4.39 Å². The normalized spacial score (nSPS) is 12.0. The van der Waals surface area contributed by atoms with Crippen LogP contribution in [-0.2, 0) is 11.8 Å². The first kappa shape index (κ1) is 16.0. The van der Waals surface area contributed by atoms with Crippen LogP contribution in [0, 0.1) is 5.82 Å². The number of aromatic nitrogens is 2. The Kier molecular flexibility index (Phi) is 4.77. The Morgan fingerprint density at radius 2 is 2.23 bits per heavy atom. The minimum atomic E-state index is -1.12. The van der Waals surface area contributed by atoms with E-state index in [0.29, 0.717) is 5.56 Å². The average Bonchev–Trinajstić information content (AvgIpc) is 2.87. The van der Waals surface area contributed by atoms with Gasteiger partial charge in [-0.05, 0) is 17.7 Å². The summed E-state index contributed by atoms with van der Waals surface area (Å²) in [5.41, 5.74) is 0.605. The zero-order valence-corrected chi connectivity index (χ0v) is 12.3. The number of amides is 1. The van der Waals surface area contributed by atoms with Gasteiger partial charge in [0, 0.05) is 13.2 Å². The van der Waals surface area contributed by atoms with Crippen molar-refractivity contribution in [1.29, 1.82) is 0 Å². The highest BCUT2D eigenvalue weighted by Gasteiger charge is 2.20. The fraction of sp³-hybridized carbons (Fsp3) is 0.214. The third-order valence-corrected chi connectivity index (χ3v) is 3.30. The number of carbonyl (C=O) groups is 2. The molecule has 0 fully saturated rings. The lowest BCUT2D eigenvalue weighted by molar-refractivity contribution is -0.137. The van der Waals surface area contributed by atoms with Gasteiger partial charge in [0.05, 0.1) is 29.2 Å². The molecule has 0 aliphatic heterocycles. The van der Waals surface area contributed by atoms with Crippen molar-refractivity contribution in [2.24, 2.45) is 7.05 Å². The number of aryl methyl sites for hydroxylation is 1. The van der Waals surface area contributed by atoms with E-state index in [0.717, 1.165) is 6.07 Å². The number of carboxylic acid groups (broad SMARTS) is 1. The molecule has 22 heavy (non-hydrogen) atoms. The number of nitrogens with zero attached hydrogens (tertiary/aromatic N) is 2. The van der Waals surface area contributed by atoms with Gasteiger partial charge in [0.25, 0.3) is 5.91 Å². The number of benzene rings is 1. The summed E-state index contributed by atoms with van der Waals surface area (Å²) in [7, 11) is 1.65. The zero-order chi connectivity index (χ0) is 16.3. The zero-order valence-electron chi connectivity index (χ0n) is 11.6. The van der Waals surface area contributed by atoms with Gasteiger partial charge in [0.1, 0.15) is 5.82 Å². The molecule has 2 rings (SSSR count). The van der Waals surface area contributed by atoms with E-state index in [1.807, 2.05) is 0 Å². The predicted octanol–water partition coefficient (Wildman–Crippen LogP) is 2.16. The van der Waals surface area contributed by atoms with Crippen LogP contribution in [0.1, 0.15) is 28.4 Å². The van der Waals surface area contributed by atoms with Crippen molar-refractivity contribution in [1.82, 2.24) is 15.1 Å². The minimum absolute atomic E-state index is 0.0728. The van der Waals surface area contributed by atoms with Crippen LogP contribution < -0.4 is 5.32 Å². The molecule has 0 bridgehead atoms. The van der Waals surface area contributed by atoms with Gasteiger partial charge in [0.2, 0.25) is 0 Å². The first-order chi connectivity index (χ1) is 10.4. The number of carboxylic acids is 1. The van der Waals surface area contributed by atoms with Crippen LogP contribution in [0.15, 0.2) is 30.6 Å². The monoisotopic (exact) mass is 325 g/mol. The lowest BCUT2D eigenvalue weighted by Gasteiger charge is -2.17. The highest BCUT2D eigenvalue weighted by molar-refractivity contribution is 6.30. The summed E-state index contributed by atoms with van der Waals surface area (Å²) >= 11 is 5.61. The molecule has 1 aromatic heterocycles. The number of halogens is 2. The first-order valence-electron chi connectivity index (χ1n) is 6.33. The Hall–Kier alpha value is -2.41. The molecule has 1 heterocycles. The summed E-state index contributed by atoms with van der Waals surface area (Å²) in [5.74, 6) is -2.29. The first-order valence-corrected chi connectivity index (χ1v) is 6.71. The molecule has 0 spiro atoms. The van der Waals surface area contributed by atoms with Crippen LogP contribution in [0.4, 0.5) is 4.39 Å². The van der Waals surface area contributed by atoms with Crippen molar-refractivity contribution >= 4 is 23.5 Å². The largest absolute Gasteiger partial charge is 0.481 e. The maximum absolute atomic E-state index is 13.5. The minimum Gasteiger partial charge on any atom is -0.481 e. The van der Waals surface area contributed by atoms with Crippen LogP contribution in [0.5, 0.6) is 0 Å². The topological polar surface area (TPSA) is 84.2 Å². The van der Waals surface area contributed by atoms with E-state index in [2.05, 4.69) is 10.4 Å². The number of aliphatic carboxylic acids is 1. The van der Waals surface area contributed by atoms with Gasteiger partial charge in [-0.3, -0.25) is 14.3 Å². The summed E-state index contributed by atoms with van der Waals surface area (Å²) in [6, 6.07) is 3.02. The summed E-state index contributed by atoms with van der Waals surface area (Å²) in [6.07, 6.45) is 2.47. The van der Waals surface area contributed by atoms with E-state index >= 15 is 0 Å². The van der Waals surface area contributed by atoms with Crippen molar-refractivity contribution < 1.29 is 19.1 Å². The van der Waals surface area contributed by atoms with E-state index in [-0.39, 0.29) is 17.0 Å². The molecule has 1 unspecified atom stereocenters. The van der Waals surface area contributed by atoms with E-state index in [9.17, 15) is 14.0 Å². The third kappa shape index (κ3) is 3.82. The maximum atomic E-state index is 13.5. The van der Waals surface area contributed by atoms with Crippen molar-refractivity contribution in [2.45, 2.75) is 12.5 Å². The van der Waals surface area contributed by atoms with E-state index in [1.54, 1.807) is 7.05 Å². The molecule has 0 saturated carbocycles. The van der Waals surface area contributed by atoms with Crippen molar-refractivity contribution in [2.75, 3.05) is 0 Å². The molecular weight excluding hydrogens is 313 g/mol. The number of hydrogen-bond donors (Lipinski definition) is 2. The Morgan fingerprint density at radius 1 is 1.50 bits per heavy atom. The van der Waals surface area contributed by atoms with Gasteiger partial charge >= 0.3 is 5.97 Å². The molecule has 2 aromatic rings. The molecule has 1 atom stereocenters. The highest BCUT2D eigenvalue weighted by atomic mass is 35.5. The standard InChI is InChI=1S/C14H13ClFN3O3/c1-19-7-9(6-17-19)14(22)18-12(5-13(20)21)8-2-3-10(15)11(16)4-8/h2-4,6-7,12H,5H2,1H3,(H,18,22)(H,20,21). The molecule has 6 nitrogen and oxygen atoms in total. The summed E-state index contributed by atoms with van der Waals surface area (Å²) in [4.78, 5) is 23.1. The predicted molar refractivity (Wildman–Crippen MR) is 77.1 cm³/mol. The number of rotatable bonds is 5. The Balaban J connectivity index is 2.24. The number of carbonyl (C=O) groups excluding carboxylic acids is 1. The molecule has 2 N–H and O–H groups in total. The second-order valence-electron chi connectivity index (χ2n) is 4.70. The van der Waals surface area contributed by atoms with Crippen LogP contribution in [0.3, 0.4) is 0 Å². The van der Waals surface area contributed by atoms with Crippen LogP contribution in [0.25, 0.3) is 0 Å². The Bertz CT molecular complexity index is 717. The lowest BCUT2D eigenvalue weighted by atomic mass is 10.0. The fourth-order valence-electron chi connectivity index (χ4n) is 1.94. The summed E-state index contributed by atoms with van der Waals surface area (Å²) < 4.78 is 15.0. The maximum Gasteiger partial charge on any atom is 0.305 e. The molecule has 0 saturated heterocycles. The van der Waals surface area contributed by atoms with Crippen molar-refractivity contribution in [3.05, 3.63) is 52.6 Å². The second-order valence-corrected chi connectivity index (χ2v) is 5.11. The number of hydrogen-bond acceptors (Lipinski definition) is 3. The molecular formula is C14H13ClFN3O3. The van der Waals surface area contributed by atoms with Crippen molar-refractivity contribution in [3.8, 4) is 0 Å². The second kappa shape index (κ2) is 6.57. The lowest BCUT2D eigenvalue weighted by Crippen LogP contribution is -2.30. The molecule has 0 aliphatic rings. The summed E-state index contributed by atoms with van der Waals surface area (Å²) in [6.45, 7) is 0. The van der Waals surface area contributed by atoms with E-state index in [1.165, 1.54) is 29.2 Å². The third-order valence-electron chi connectivity index (χ3n) is 3.00. The van der Waals surface area contributed by atoms with Gasteiger partial charge in [-0.15, -0.1) is 0 Å². The fourth-order valence-corrected chi connectivity index (χ4v) is 2.05. The van der Waals surface area contributed by atoms with Gasteiger partial charge in [-0.1, -0.05) is 17.7 Å². The molecule has 116 valence electrons. The van der Waals surface area contributed by atoms with Crippen LogP contribution in [0.2, 0.25) is 5.02 Å². The van der Waals surface area contributed by atoms with E-state index < -0.39 is 23.7 Å². The van der Waals surface area contributed by atoms with Crippen molar-refractivity contribution in [3.63, 3.8) is 0 Å². The summed E-state index contributed by atoms with van der Waals surface area (Å²) in [5, 5.41) is 15.3. The van der Waals surface area contributed by atoms with Gasteiger partial charge in [-0.2, -0.15) is 5.10 Å². The van der Waals surface area contributed by atoms with Crippen LogP contribution >= 0.6 is 11.6 Å². The van der Waals surface area contributed by atoms with Gasteiger partial charge < -0.3 is 10.4 Å². The van der Waals surface area contributed by atoms with E-state index in [4.69, 9.17) is 16.7 Å². The molecule has 0 aliphatic carbocycles.